The summed E-state index contributed by atoms with van der Waals surface area (Å²) in [5.41, 5.74) is 6.08. The average molecular weight is 341 g/mol. The first-order chi connectivity index (χ1) is 12.0. The van der Waals surface area contributed by atoms with Gasteiger partial charge < -0.3 is 15.6 Å². The van der Waals surface area contributed by atoms with E-state index in [0.29, 0.717) is 19.6 Å². The van der Waals surface area contributed by atoms with Gasteiger partial charge in [-0.2, -0.15) is 0 Å². The first kappa shape index (κ1) is 17.4. The van der Waals surface area contributed by atoms with Gasteiger partial charge in [0.1, 0.15) is 12.4 Å². The van der Waals surface area contributed by atoms with Crippen LogP contribution in [0.25, 0.3) is 0 Å². The second-order valence-electron chi connectivity index (χ2n) is 6.50. The Balaban J connectivity index is 1.55. The second-order valence-corrected chi connectivity index (χ2v) is 6.50. The largest absolute Gasteiger partial charge is 0.489 e. The van der Waals surface area contributed by atoms with Gasteiger partial charge in [0.15, 0.2) is 5.60 Å². The topological polar surface area (TPSA) is 88.7 Å². The molecular formula is C19H23N3O3. The molecule has 3 N–H and O–H groups in total. The first-order valence-electron chi connectivity index (χ1n) is 8.40. The summed E-state index contributed by atoms with van der Waals surface area (Å²) in [6, 6.07) is 11.7. The molecule has 6 nitrogen and oxygen atoms in total. The highest BCUT2D eigenvalue weighted by Crippen LogP contribution is 2.23. The molecule has 6 heteroatoms. The number of ether oxygens (including phenoxy) is 1. The molecule has 0 bridgehead atoms. The number of carbonyl (C=O) groups excluding carboxylic acids is 1. The van der Waals surface area contributed by atoms with Crippen LogP contribution in [0.1, 0.15) is 24.0 Å². The molecule has 0 radical (unpaired) electrons. The molecular weight excluding hydrogens is 318 g/mol. The van der Waals surface area contributed by atoms with Gasteiger partial charge in [-0.05, 0) is 54.8 Å². The lowest BCUT2D eigenvalue weighted by atomic mass is 9.92. The fourth-order valence-corrected chi connectivity index (χ4v) is 3.05. The molecule has 1 aliphatic heterocycles. The van der Waals surface area contributed by atoms with E-state index in [1.54, 1.807) is 12.4 Å². The van der Waals surface area contributed by atoms with E-state index in [1.165, 1.54) is 0 Å². The molecule has 132 valence electrons. The van der Waals surface area contributed by atoms with Crippen LogP contribution in [0.5, 0.6) is 5.75 Å². The number of β-amino-alcohol motifs (C(OH)–C–C–N with tert-alkyl or cyclic N) is 1. The quantitative estimate of drug-likeness (QED) is 0.831. The van der Waals surface area contributed by atoms with Crippen LogP contribution in [0.15, 0.2) is 48.8 Å². The number of pyridine rings is 1. The predicted molar refractivity (Wildman–Crippen MR) is 93.7 cm³/mol. The van der Waals surface area contributed by atoms with Gasteiger partial charge in [0.2, 0.25) is 0 Å². The van der Waals surface area contributed by atoms with Crippen molar-refractivity contribution < 1.29 is 14.6 Å². The van der Waals surface area contributed by atoms with Crippen molar-refractivity contribution in [3.8, 4) is 5.75 Å². The zero-order valence-corrected chi connectivity index (χ0v) is 14.1. The van der Waals surface area contributed by atoms with E-state index in [2.05, 4.69) is 9.88 Å². The third-order valence-corrected chi connectivity index (χ3v) is 4.49. The minimum Gasteiger partial charge on any atom is -0.489 e. The molecule has 0 aliphatic carbocycles. The van der Waals surface area contributed by atoms with Gasteiger partial charge in [0.05, 0.1) is 0 Å². The maximum atomic E-state index is 11.4. The molecule has 1 amide bonds. The van der Waals surface area contributed by atoms with Crippen molar-refractivity contribution in [1.29, 1.82) is 0 Å². The number of carbonyl (C=O) groups is 1. The number of primary amides is 1. The van der Waals surface area contributed by atoms with Crippen molar-refractivity contribution in [1.82, 2.24) is 9.88 Å². The highest BCUT2D eigenvalue weighted by molar-refractivity contribution is 5.83. The average Bonchev–Trinajstić information content (AvgIpc) is 2.62. The van der Waals surface area contributed by atoms with Crippen LogP contribution in [0, 0.1) is 0 Å². The zero-order valence-electron chi connectivity index (χ0n) is 14.1. The molecule has 1 aliphatic rings. The summed E-state index contributed by atoms with van der Waals surface area (Å²) in [6.45, 7) is 2.29. The number of hydrogen-bond donors (Lipinski definition) is 2. The number of nitrogens with two attached hydrogens (primary N) is 1. The van der Waals surface area contributed by atoms with Crippen molar-refractivity contribution in [2.45, 2.75) is 31.6 Å². The smallest absolute Gasteiger partial charge is 0.250 e. The molecule has 2 aromatic rings. The van der Waals surface area contributed by atoms with Gasteiger partial charge in [-0.3, -0.25) is 14.7 Å². The van der Waals surface area contributed by atoms with Crippen LogP contribution >= 0.6 is 0 Å². The molecule has 3 rings (SSSR count). The summed E-state index contributed by atoms with van der Waals surface area (Å²) < 4.78 is 5.76. The number of benzene rings is 1. The van der Waals surface area contributed by atoms with E-state index < -0.39 is 11.5 Å². The van der Waals surface area contributed by atoms with E-state index >= 15 is 0 Å². The fraction of sp³-hybridized carbons (Fsp3) is 0.368. The van der Waals surface area contributed by atoms with Gasteiger partial charge in [-0.25, -0.2) is 0 Å². The minimum atomic E-state index is -1.41. The van der Waals surface area contributed by atoms with E-state index in [9.17, 15) is 9.90 Å². The maximum absolute atomic E-state index is 11.4. The Labute approximate surface area is 147 Å². The van der Waals surface area contributed by atoms with Gasteiger partial charge in [0.25, 0.3) is 5.91 Å². The zero-order chi connectivity index (χ0) is 17.7. The SMILES string of the molecule is NC(=O)C1(O)CCCN(Cc2ccc(OCc3ccncc3)cc2)C1. The number of aliphatic hydroxyl groups is 1. The Morgan fingerprint density at radius 2 is 1.92 bits per heavy atom. The maximum Gasteiger partial charge on any atom is 0.250 e. The summed E-state index contributed by atoms with van der Waals surface area (Å²) in [6.07, 6.45) is 4.68. The summed E-state index contributed by atoms with van der Waals surface area (Å²) in [5.74, 6) is 0.157. The Morgan fingerprint density at radius 3 is 2.60 bits per heavy atom. The third-order valence-electron chi connectivity index (χ3n) is 4.49. The van der Waals surface area contributed by atoms with Crippen LogP contribution in [-0.2, 0) is 17.9 Å². The molecule has 1 fully saturated rings. The van der Waals surface area contributed by atoms with Crippen LogP contribution in [0.3, 0.4) is 0 Å². The second kappa shape index (κ2) is 7.63. The van der Waals surface area contributed by atoms with Gasteiger partial charge in [-0.15, -0.1) is 0 Å². The Kier molecular flexibility index (Phi) is 5.31. The molecule has 1 saturated heterocycles. The van der Waals surface area contributed by atoms with Crippen LogP contribution in [-0.4, -0.2) is 39.6 Å². The lowest BCUT2D eigenvalue weighted by Crippen LogP contribution is -2.55. The normalized spacial score (nSPS) is 21.0. The minimum absolute atomic E-state index is 0.280. The predicted octanol–water partition coefficient (Wildman–Crippen LogP) is 1.47. The van der Waals surface area contributed by atoms with Crippen LogP contribution in [0.2, 0.25) is 0 Å². The van der Waals surface area contributed by atoms with Crippen molar-refractivity contribution in [3.05, 3.63) is 59.9 Å². The molecule has 0 spiro atoms. The molecule has 1 aromatic heterocycles. The molecule has 0 saturated carbocycles. The monoisotopic (exact) mass is 341 g/mol. The van der Waals surface area contributed by atoms with Crippen LogP contribution < -0.4 is 10.5 Å². The highest BCUT2D eigenvalue weighted by atomic mass is 16.5. The number of likely N-dealkylation sites (tertiary alicyclic amines) is 1. The first-order valence-corrected chi connectivity index (χ1v) is 8.40. The number of hydrogen-bond acceptors (Lipinski definition) is 5. The number of nitrogens with zero attached hydrogens (tertiary/aromatic N) is 2. The summed E-state index contributed by atoms with van der Waals surface area (Å²) >= 11 is 0. The van der Waals surface area contributed by atoms with Crippen molar-refractivity contribution in [2.24, 2.45) is 5.73 Å². The Morgan fingerprint density at radius 1 is 1.20 bits per heavy atom. The van der Waals surface area contributed by atoms with Gasteiger partial charge in [0, 0.05) is 25.5 Å². The molecule has 1 aromatic carbocycles. The number of aromatic nitrogens is 1. The van der Waals surface area contributed by atoms with E-state index in [4.69, 9.17) is 10.5 Å². The third kappa shape index (κ3) is 4.55. The molecule has 2 heterocycles. The van der Waals surface area contributed by atoms with Crippen molar-refractivity contribution in [2.75, 3.05) is 13.1 Å². The molecule has 1 unspecified atom stereocenters. The van der Waals surface area contributed by atoms with E-state index in [-0.39, 0.29) is 6.54 Å². The molecule has 1 atom stereocenters. The lowest BCUT2D eigenvalue weighted by Gasteiger charge is -2.37. The fourth-order valence-electron chi connectivity index (χ4n) is 3.05. The lowest BCUT2D eigenvalue weighted by molar-refractivity contribution is -0.142. The van der Waals surface area contributed by atoms with E-state index in [1.807, 2.05) is 36.4 Å². The van der Waals surface area contributed by atoms with Crippen LogP contribution in [0.4, 0.5) is 0 Å². The summed E-state index contributed by atoms with van der Waals surface area (Å²) in [5, 5.41) is 10.3. The van der Waals surface area contributed by atoms with Crippen molar-refractivity contribution in [3.63, 3.8) is 0 Å². The number of amides is 1. The number of piperidine rings is 1. The number of rotatable bonds is 6. The molecule has 25 heavy (non-hydrogen) atoms. The Hall–Kier alpha value is -2.44. The van der Waals surface area contributed by atoms with E-state index in [0.717, 1.165) is 29.8 Å². The van der Waals surface area contributed by atoms with Gasteiger partial charge >= 0.3 is 0 Å². The van der Waals surface area contributed by atoms with Gasteiger partial charge in [-0.1, -0.05) is 12.1 Å². The van der Waals surface area contributed by atoms with Crippen molar-refractivity contribution >= 4 is 5.91 Å². The summed E-state index contributed by atoms with van der Waals surface area (Å²) in [4.78, 5) is 17.5. The standard InChI is InChI=1S/C19H23N3O3/c20-18(23)19(24)8-1-11-22(14-19)12-15-2-4-17(5-3-15)25-13-16-6-9-21-10-7-16/h2-7,9-10,24H,1,8,11-14H2,(H2,20,23). The highest BCUT2D eigenvalue weighted by Gasteiger charge is 2.38. The summed E-state index contributed by atoms with van der Waals surface area (Å²) in [7, 11) is 0. The Bertz CT molecular complexity index is 706.